The molecule has 6 heteroatoms. The van der Waals surface area contributed by atoms with Gasteiger partial charge >= 0.3 is 0 Å². The number of nitrogens with one attached hydrogen (secondary N) is 1. The standard InChI is InChI=1S/C15H15BrF2N2O/c1-9(6-11-12(17)4-3-5-13(11)18)19-15(21)14-7-10(16)8-20(14)2/h3-5,7-9H,6H2,1-2H3,(H,19,21). The minimum absolute atomic E-state index is 0.0154. The number of benzene rings is 1. The number of aromatic nitrogens is 1. The molecule has 0 spiro atoms. The summed E-state index contributed by atoms with van der Waals surface area (Å²) < 4.78 is 29.6. The van der Waals surface area contributed by atoms with E-state index < -0.39 is 17.7 Å². The van der Waals surface area contributed by atoms with E-state index in [9.17, 15) is 13.6 Å². The van der Waals surface area contributed by atoms with Gasteiger partial charge < -0.3 is 9.88 Å². The predicted molar refractivity (Wildman–Crippen MR) is 80.1 cm³/mol. The molecular formula is C15H15BrF2N2O. The third-order valence-corrected chi connectivity index (χ3v) is 3.59. The van der Waals surface area contributed by atoms with Crippen LogP contribution < -0.4 is 5.32 Å². The number of carbonyl (C=O) groups excluding carboxylic acids is 1. The van der Waals surface area contributed by atoms with E-state index in [-0.39, 0.29) is 17.9 Å². The first kappa shape index (κ1) is 15.7. The van der Waals surface area contributed by atoms with Gasteiger partial charge in [-0.05, 0) is 47.5 Å². The van der Waals surface area contributed by atoms with Crippen LogP contribution in [0.5, 0.6) is 0 Å². The normalized spacial score (nSPS) is 12.2. The molecule has 0 saturated heterocycles. The van der Waals surface area contributed by atoms with Crippen LogP contribution in [0.15, 0.2) is 34.9 Å². The minimum Gasteiger partial charge on any atom is -0.348 e. The molecule has 112 valence electrons. The summed E-state index contributed by atoms with van der Waals surface area (Å²) in [5.74, 6) is -1.48. The number of carbonyl (C=O) groups is 1. The Kier molecular flexibility index (Phi) is 4.77. The second kappa shape index (κ2) is 6.39. The van der Waals surface area contributed by atoms with Gasteiger partial charge in [-0.3, -0.25) is 4.79 Å². The zero-order valence-corrected chi connectivity index (χ0v) is 13.2. The van der Waals surface area contributed by atoms with Crippen LogP contribution >= 0.6 is 15.9 Å². The smallest absolute Gasteiger partial charge is 0.268 e. The van der Waals surface area contributed by atoms with Crippen molar-refractivity contribution in [2.45, 2.75) is 19.4 Å². The number of hydrogen-bond donors (Lipinski definition) is 1. The molecule has 2 rings (SSSR count). The van der Waals surface area contributed by atoms with E-state index in [4.69, 9.17) is 0 Å². The zero-order chi connectivity index (χ0) is 15.6. The lowest BCUT2D eigenvalue weighted by Crippen LogP contribution is -2.35. The number of aryl methyl sites for hydroxylation is 1. The fourth-order valence-corrected chi connectivity index (χ4v) is 2.66. The average Bonchev–Trinajstić information content (AvgIpc) is 2.73. The van der Waals surface area contributed by atoms with E-state index >= 15 is 0 Å². The van der Waals surface area contributed by atoms with Gasteiger partial charge in [0.05, 0.1) is 0 Å². The molecule has 1 amide bonds. The molecule has 2 aromatic rings. The highest BCUT2D eigenvalue weighted by Crippen LogP contribution is 2.16. The molecule has 0 bridgehead atoms. The molecule has 3 nitrogen and oxygen atoms in total. The summed E-state index contributed by atoms with van der Waals surface area (Å²) in [5.41, 5.74) is 0.459. The van der Waals surface area contributed by atoms with E-state index in [0.717, 1.165) is 4.47 Å². The Labute approximate surface area is 130 Å². The topological polar surface area (TPSA) is 34.0 Å². The summed E-state index contributed by atoms with van der Waals surface area (Å²) in [4.78, 5) is 12.1. The van der Waals surface area contributed by atoms with Crippen molar-refractivity contribution >= 4 is 21.8 Å². The lowest BCUT2D eigenvalue weighted by molar-refractivity contribution is 0.0931. The van der Waals surface area contributed by atoms with Gasteiger partial charge in [-0.2, -0.15) is 0 Å². The van der Waals surface area contributed by atoms with Crippen molar-refractivity contribution in [3.63, 3.8) is 0 Å². The molecule has 0 aliphatic rings. The highest BCUT2D eigenvalue weighted by atomic mass is 79.9. The van der Waals surface area contributed by atoms with Gasteiger partial charge in [-0.15, -0.1) is 0 Å². The summed E-state index contributed by atoms with van der Waals surface area (Å²) in [5, 5.41) is 2.74. The fourth-order valence-electron chi connectivity index (χ4n) is 2.13. The van der Waals surface area contributed by atoms with Gasteiger partial charge in [0.2, 0.25) is 0 Å². The number of halogens is 3. The van der Waals surface area contributed by atoms with Crippen LogP contribution in [0, 0.1) is 11.6 Å². The SMILES string of the molecule is CC(Cc1c(F)cccc1F)NC(=O)c1cc(Br)cn1C. The number of amides is 1. The Hall–Kier alpha value is -1.69. The lowest BCUT2D eigenvalue weighted by atomic mass is 10.1. The van der Waals surface area contributed by atoms with Gasteiger partial charge in [0.25, 0.3) is 5.91 Å². The summed E-state index contributed by atoms with van der Waals surface area (Å²) >= 11 is 3.29. The second-order valence-electron chi connectivity index (χ2n) is 4.93. The average molecular weight is 357 g/mol. The lowest BCUT2D eigenvalue weighted by Gasteiger charge is -2.15. The maximum absolute atomic E-state index is 13.6. The van der Waals surface area contributed by atoms with Crippen molar-refractivity contribution in [3.05, 3.63) is 57.8 Å². The Morgan fingerprint density at radius 2 is 2.00 bits per heavy atom. The predicted octanol–water partition coefficient (Wildman–Crippen LogP) is 3.43. The van der Waals surface area contributed by atoms with Crippen LogP contribution in [0.1, 0.15) is 23.0 Å². The Morgan fingerprint density at radius 1 is 1.38 bits per heavy atom. The number of nitrogens with zero attached hydrogens (tertiary/aromatic N) is 1. The van der Waals surface area contributed by atoms with E-state index in [2.05, 4.69) is 21.2 Å². The Balaban J connectivity index is 2.07. The van der Waals surface area contributed by atoms with Gasteiger partial charge in [0.15, 0.2) is 0 Å². The van der Waals surface area contributed by atoms with Crippen molar-refractivity contribution in [2.75, 3.05) is 0 Å². The number of rotatable bonds is 4. The zero-order valence-electron chi connectivity index (χ0n) is 11.7. The highest BCUT2D eigenvalue weighted by Gasteiger charge is 2.17. The van der Waals surface area contributed by atoms with E-state index in [0.29, 0.717) is 5.69 Å². The summed E-state index contributed by atoms with van der Waals surface area (Å²) in [6, 6.07) is 5.03. The van der Waals surface area contributed by atoms with Crippen LogP contribution in [-0.2, 0) is 13.5 Å². The maximum Gasteiger partial charge on any atom is 0.268 e. The summed E-state index contributed by atoms with van der Waals surface area (Å²) in [6.07, 6.45) is 1.85. The number of hydrogen-bond acceptors (Lipinski definition) is 1. The van der Waals surface area contributed by atoms with Crippen molar-refractivity contribution in [1.82, 2.24) is 9.88 Å². The van der Waals surface area contributed by atoms with Gasteiger partial charge in [0.1, 0.15) is 17.3 Å². The van der Waals surface area contributed by atoms with Crippen LogP contribution in [0.3, 0.4) is 0 Å². The van der Waals surface area contributed by atoms with Crippen LogP contribution in [-0.4, -0.2) is 16.5 Å². The molecule has 1 N–H and O–H groups in total. The van der Waals surface area contributed by atoms with Crippen LogP contribution in [0.2, 0.25) is 0 Å². The first-order valence-corrected chi connectivity index (χ1v) is 7.23. The summed E-state index contributed by atoms with van der Waals surface area (Å²) in [7, 11) is 1.75. The molecule has 1 unspecified atom stereocenters. The molecule has 0 aliphatic carbocycles. The van der Waals surface area contributed by atoms with Crippen LogP contribution in [0.25, 0.3) is 0 Å². The Bertz CT molecular complexity index is 649. The molecular weight excluding hydrogens is 342 g/mol. The first-order valence-electron chi connectivity index (χ1n) is 6.44. The van der Waals surface area contributed by atoms with Crippen molar-refractivity contribution < 1.29 is 13.6 Å². The van der Waals surface area contributed by atoms with Crippen molar-refractivity contribution in [2.24, 2.45) is 7.05 Å². The van der Waals surface area contributed by atoms with Gasteiger partial charge in [0, 0.05) is 29.3 Å². The van der Waals surface area contributed by atoms with E-state index in [1.54, 1.807) is 30.8 Å². The molecule has 0 radical (unpaired) electrons. The van der Waals surface area contributed by atoms with Crippen molar-refractivity contribution in [1.29, 1.82) is 0 Å². The third-order valence-electron chi connectivity index (χ3n) is 3.15. The Morgan fingerprint density at radius 3 is 2.52 bits per heavy atom. The van der Waals surface area contributed by atoms with Crippen molar-refractivity contribution in [3.8, 4) is 0 Å². The molecule has 1 heterocycles. The largest absolute Gasteiger partial charge is 0.348 e. The highest BCUT2D eigenvalue weighted by molar-refractivity contribution is 9.10. The van der Waals surface area contributed by atoms with E-state index in [1.807, 2.05) is 0 Å². The molecule has 1 aromatic carbocycles. The first-order chi connectivity index (χ1) is 9.88. The maximum atomic E-state index is 13.6. The van der Waals surface area contributed by atoms with E-state index in [1.165, 1.54) is 18.2 Å². The molecule has 1 atom stereocenters. The molecule has 1 aromatic heterocycles. The summed E-state index contributed by atoms with van der Waals surface area (Å²) in [6.45, 7) is 1.71. The fraction of sp³-hybridized carbons (Fsp3) is 0.267. The van der Waals surface area contributed by atoms with Gasteiger partial charge in [-0.1, -0.05) is 6.07 Å². The minimum atomic E-state index is -0.599. The van der Waals surface area contributed by atoms with Gasteiger partial charge in [-0.25, -0.2) is 8.78 Å². The monoisotopic (exact) mass is 356 g/mol. The quantitative estimate of drug-likeness (QED) is 0.894. The second-order valence-corrected chi connectivity index (χ2v) is 5.85. The molecule has 21 heavy (non-hydrogen) atoms. The molecule has 0 saturated carbocycles. The molecule has 0 fully saturated rings. The van der Waals surface area contributed by atoms with Crippen LogP contribution in [0.4, 0.5) is 8.78 Å². The molecule has 0 aliphatic heterocycles. The third kappa shape index (κ3) is 3.69.